The van der Waals surface area contributed by atoms with E-state index in [2.05, 4.69) is 32.5 Å². The van der Waals surface area contributed by atoms with E-state index in [-0.39, 0.29) is 5.91 Å². The molecular weight excluding hydrogens is 340 g/mol. The first-order valence-corrected chi connectivity index (χ1v) is 9.38. The van der Waals surface area contributed by atoms with Gasteiger partial charge in [-0.25, -0.2) is 15.0 Å². The van der Waals surface area contributed by atoms with Crippen LogP contribution < -0.4 is 10.6 Å². The number of fused-ring (bicyclic) bond motifs is 1. The highest BCUT2D eigenvalue weighted by atomic mass is 16.1. The van der Waals surface area contributed by atoms with Gasteiger partial charge >= 0.3 is 0 Å². The molecule has 0 aromatic carbocycles. The number of imidazole rings is 1. The number of unbranched alkanes of at least 4 members (excludes halogenated alkanes) is 1. The molecule has 2 N–H and O–H groups in total. The van der Waals surface area contributed by atoms with Crippen molar-refractivity contribution >= 4 is 17.4 Å². The standard InChI is InChI=1S/C20H26N6O/c1-4-5-8-16-23-14(2)13-17(24-16)21-10-11-22-20(27)19-15(3)26-12-7-6-9-18(26)25-19/h6-7,9,12-13H,4-5,8,10-11H2,1-3H3,(H,22,27)(H,21,23,24). The highest BCUT2D eigenvalue weighted by Crippen LogP contribution is 2.11. The Bertz CT molecular complexity index is 933. The lowest BCUT2D eigenvalue weighted by atomic mass is 10.2. The minimum atomic E-state index is -0.166. The Labute approximate surface area is 159 Å². The Morgan fingerprint density at radius 1 is 1.15 bits per heavy atom. The van der Waals surface area contributed by atoms with E-state index in [0.717, 1.165) is 47.9 Å². The van der Waals surface area contributed by atoms with Gasteiger partial charge in [-0.3, -0.25) is 4.79 Å². The largest absolute Gasteiger partial charge is 0.368 e. The zero-order valence-electron chi connectivity index (χ0n) is 16.1. The number of pyridine rings is 1. The van der Waals surface area contributed by atoms with Crippen LogP contribution in [0.4, 0.5) is 5.82 Å². The molecule has 7 nitrogen and oxygen atoms in total. The molecule has 0 saturated carbocycles. The summed E-state index contributed by atoms with van der Waals surface area (Å²) in [6.07, 6.45) is 4.99. The lowest BCUT2D eigenvalue weighted by Crippen LogP contribution is -2.29. The van der Waals surface area contributed by atoms with Crippen LogP contribution in [0.3, 0.4) is 0 Å². The van der Waals surface area contributed by atoms with Crippen molar-refractivity contribution in [3.05, 3.63) is 53.4 Å². The maximum atomic E-state index is 12.4. The molecule has 0 aliphatic heterocycles. The van der Waals surface area contributed by atoms with Crippen LogP contribution in [0.25, 0.3) is 5.65 Å². The third kappa shape index (κ3) is 4.61. The topological polar surface area (TPSA) is 84.2 Å². The maximum Gasteiger partial charge on any atom is 0.271 e. The Morgan fingerprint density at radius 3 is 2.78 bits per heavy atom. The molecule has 0 aliphatic carbocycles. The molecule has 0 fully saturated rings. The van der Waals surface area contributed by atoms with Crippen molar-refractivity contribution in [3.63, 3.8) is 0 Å². The lowest BCUT2D eigenvalue weighted by molar-refractivity contribution is 0.0950. The molecule has 3 rings (SSSR count). The van der Waals surface area contributed by atoms with Gasteiger partial charge < -0.3 is 15.0 Å². The number of rotatable bonds is 8. The predicted octanol–water partition coefficient (Wildman–Crippen LogP) is 2.93. The summed E-state index contributed by atoms with van der Waals surface area (Å²) in [5.41, 5.74) is 3.02. The van der Waals surface area contributed by atoms with Crippen molar-refractivity contribution in [3.8, 4) is 0 Å². The molecule has 0 saturated heterocycles. The molecule has 3 aromatic heterocycles. The molecule has 0 aliphatic rings. The molecule has 142 valence electrons. The van der Waals surface area contributed by atoms with Crippen molar-refractivity contribution in [1.82, 2.24) is 24.7 Å². The van der Waals surface area contributed by atoms with Crippen LogP contribution in [0.2, 0.25) is 0 Å². The predicted molar refractivity (Wildman–Crippen MR) is 106 cm³/mol. The first-order valence-electron chi connectivity index (χ1n) is 9.38. The van der Waals surface area contributed by atoms with Gasteiger partial charge in [-0.15, -0.1) is 0 Å². The SMILES string of the molecule is CCCCc1nc(C)cc(NCCNC(=O)c2nc3ccccn3c2C)n1. The zero-order valence-corrected chi connectivity index (χ0v) is 16.1. The fourth-order valence-corrected chi connectivity index (χ4v) is 2.95. The molecule has 0 atom stereocenters. The molecular formula is C20H26N6O. The fraction of sp³-hybridized carbons (Fsp3) is 0.400. The number of nitrogens with one attached hydrogen (secondary N) is 2. The van der Waals surface area contributed by atoms with E-state index < -0.39 is 0 Å². The van der Waals surface area contributed by atoms with E-state index in [4.69, 9.17) is 0 Å². The summed E-state index contributed by atoms with van der Waals surface area (Å²) in [5, 5.41) is 6.17. The number of hydrogen-bond donors (Lipinski definition) is 2. The van der Waals surface area contributed by atoms with Gasteiger partial charge in [0.25, 0.3) is 5.91 Å². The lowest BCUT2D eigenvalue weighted by Gasteiger charge is -2.09. The summed E-state index contributed by atoms with van der Waals surface area (Å²) in [5.74, 6) is 1.50. The number of carbonyl (C=O) groups is 1. The van der Waals surface area contributed by atoms with Gasteiger partial charge in [0.15, 0.2) is 0 Å². The van der Waals surface area contributed by atoms with Gasteiger partial charge in [0.1, 0.15) is 23.0 Å². The van der Waals surface area contributed by atoms with Crippen molar-refractivity contribution in [2.24, 2.45) is 0 Å². The van der Waals surface area contributed by atoms with Gasteiger partial charge in [0.05, 0.1) is 5.69 Å². The molecule has 27 heavy (non-hydrogen) atoms. The molecule has 3 heterocycles. The Balaban J connectivity index is 1.54. The van der Waals surface area contributed by atoms with Crippen molar-refractivity contribution in [2.75, 3.05) is 18.4 Å². The summed E-state index contributed by atoms with van der Waals surface area (Å²) in [7, 11) is 0. The minimum absolute atomic E-state index is 0.166. The van der Waals surface area contributed by atoms with Crippen LogP contribution in [0.5, 0.6) is 0 Å². The number of carbonyl (C=O) groups excluding carboxylic acids is 1. The van der Waals surface area contributed by atoms with Crippen LogP contribution in [-0.4, -0.2) is 38.3 Å². The quantitative estimate of drug-likeness (QED) is 0.599. The summed E-state index contributed by atoms with van der Waals surface area (Å²) in [6, 6.07) is 7.64. The van der Waals surface area contributed by atoms with Crippen molar-refractivity contribution in [1.29, 1.82) is 0 Å². The van der Waals surface area contributed by atoms with E-state index in [1.807, 2.05) is 48.7 Å². The van der Waals surface area contributed by atoms with Gasteiger partial charge in [0, 0.05) is 37.5 Å². The second kappa shape index (κ2) is 8.62. The normalized spacial score (nSPS) is 10.9. The maximum absolute atomic E-state index is 12.4. The number of aromatic nitrogens is 4. The summed E-state index contributed by atoms with van der Waals surface area (Å²) in [6.45, 7) is 7.09. The third-order valence-corrected chi connectivity index (χ3v) is 4.35. The average molecular weight is 366 g/mol. The number of anilines is 1. The van der Waals surface area contributed by atoms with Gasteiger partial charge in [0.2, 0.25) is 0 Å². The Morgan fingerprint density at radius 2 is 2.00 bits per heavy atom. The van der Waals surface area contributed by atoms with Crippen LogP contribution in [0.1, 0.15) is 47.5 Å². The van der Waals surface area contributed by atoms with Crippen molar-refractivity contribution in [2.45, 2.75) is 40.0 Å². The summed E-state index contributed by atoms with van der Waals surface area (Å²) < 4.78 is 1.91. The smallest absolute Gasteiger partial charge is 0.271 e. The first-order chi connectivity index (χ1) is 13.1. The molecule has 7 heteroatoms. The van der Waals surface area contributed by atoms with Crippen LogP contribution in [0, 0.1) is 13.8 Å². The molecule has 0 bridgehead atoms. The Kier molecular flexibility index (Phi) is 6.01. The second-order valence-corrected chi connectivity index (χ2v) is 6.57. The second-order valence-electron chi connectivity index (χ2n) is 6.57. The van der Waals surface area contributed by atoms with Crippen molar-refractivity contribution < 1.29 is 4.79 Å². The highest BCUT2D eigenvalue weighted by Gasteiger charge is 2.14. The molecule has 3 aromatic rings. The average Bonchev–Trinajstić information content (AvgIpc) is 3.00. The summed E-state index contributed by atoms with van der Waals surface area (Å²) >= 11 is 0. The van der Waals surface area contributed by atoms with E-state index >= 15 is 0 Å². The number of nitrogens with zero attached hydrogens (tertiary/aromatic N) is 4. The molecule has 1 amide bonds. The van der Waals surface area contributed by atoms with Gasteiger partial charge in [-0.2, -0.15) is 0 Å². The fourth-order valence-electron chi connectivity index (χ4n) is 2.95. The minimum Gasteiger partial charge on any atom is -0.368 e. The van der Waals surface area contributed by atoms with Crippen LogP contribution in [-0.2, 0) is 6.42 Å². The number of aryl methyl sites for hydroxylation is 3. The Hall–Kier alpha value is -2.96. The monoisotopic (exact) mass is 366 g/mol. The zero-order chi connectivity index (χ0) is 19.2. The van der Waals surface area contributed by atoms with E-state index in [1.54, 1.807) is 0 Å². The molecule has 0 radical (unpaired) electrons. The van der Waals surface area contributed by atoms with Crippen LogP contribution >= 0.6 is 0 Å². The number of amides is 1. The molecule has 0 spiro atoms. The van der Waals surface area contributed by atoms with E-state index in [1.165, 1.54) is 0 Å². The molecule has 0 unspecified atom stereocenters. The number of hydrogen-bond acceptors (Lipinski definition) is 5. The van der Waals surface area contributed by atoms with Gasteiger partial charge in [-0.05, 0) is 32.4 Å². The van der Waals surface area contributed by atoms with E-state index in [9.17, 15) is 4.79 Å². The summed E-state index contributed by atoms with van der Waals surface area (Å²) in [4.78, 5) is 25.8. The van der Waals surface area contributed by atoms with Gasteiger partial charge in [-0.1, -0.05) is 19.4 Å². The van der Waals surface area contributed by atoms with Crippen LogP contribution in [0.15, 0.2) is 30.5 Å². The van der Waals surface area contributed by atoms with E-state index in [0.29, 0.717) is 18.8 Å². The first kappa shape index (κ1) is 18.8. The highest BCUT2D eigenvalue weighted by molar-refractivity contribution is 5.94. The third-order valence-electron chi connectivity index (χ3n) is 4.35.